The molecule has 0 amide bonds. The minimum atomic E-state index is 0.656. The largest absolute Gasteiger partial charge is 0.494 e. The Hall–Kier alpha value is -0.830. The van der Waals surface area contributed by atoms with Crippen LogP contribution in [0, 0.1) is 0 Å². The van der Waals surface area contributed by atoms with Crippen molar-refractivity contribution in [2.24, 2.45) is 0 Å². The molecule has 0 aliphatic heterocycles. The van der Waals surface area contributed by atoms with Crippen molar-refractivity contribution in [2.75, 3.05) is 25.0 Å². The summed E-state index contributed by atoms with van der Waals surface area (Å²) in [5, 5.41) is 2.69. The van der Waals surface area contributed by atoms with Crippen molar-refractivity contribution >= 4 is 45.6 Å². The predicted molar refractivity (Wildman–Crippen MR) is 109 cm³/mol. The molecule has 2 aromatic rings. The lowest BCUT2D eigenvalue weighted by Gasteiger charge is -2.11. The summed E-state index contributed by atoms with van der Waals surface area (Å²) in [7, 11) is 0. The molecule has 0 spiro atoms. The van der Waals surface area contributed by atoms with E-state index in [1.165, 1.54) is 0 Å². The zero-order valence-electron chi connectivity index (χ0n) is 14.4. The average molecular weight is 404 g/mol. The Bertz CT molecular complexity index is 646. The summed E-state index contributed by atoms with van der Waals surface area (Å²) in [5.41, 5.74) is 0. The SMILES string of the molecule is ClCCCCCOc1ccc2c(Cl)c(OCCCCCCl)ccc2c1. The number of ether oxygens (including phenoxy) is 2. The summed E-state index contributed by atoms with van der Waals surface area (Å²) in [5.74, 6) is 3.01. The van der Waals surface area contributed by atoms with Crippen molar-refractivity contribution in [1.82, 2.24) is 0 Å². The van der Waals surface area contributed by atoms with Crippen molar-refractivity contribution in [1.29, 1.82) is 0 Å². The molecule has 138 valence electrons. The van der Waals surface area contributed by atoms with Crippen LogP contribution in [-0.2, 0) is 0 Å². The molecule has 0 saturated carbocycles. The number of alkyl halides is 2. The zero-order valence-corrected chi connectivity index (χ0v) is 16.7. The number of rotatable bonds is 12. The zero-order chi connectivity index (χ0) is 17.9. The molecule has 0 heterocycles. The normalized spacial score (nSPS) is 11.0. The average Bonchev–Trinajstić information content (AvgIpc) is 2.63. The second-order valence-corrected chi connectivity index (χ2v) is 7.09. The second kappa shape index (κ2) is 11.7. The fraction of sp³-hybridized carbons (Fsp3) is 0.500. The summed E-state index contributed by atoms with van der Waals surface area (Å²) >= 11 is 17.8. The van der Waals surface area contributed by atoms with E-state index in [4.69, 9.17) is 44.3 Å². The van der Waals surface area contributed by atoms with Gasteiger partial charge in [-0.05, 0) is 68.2 Å². The van der Waals surface area contributed by atoms with E-state index in [0.717, 1.165) is 60.8 Å². The van der Waals surface area contributed by atoms with Gasteiger partial charge in [-0.25, -0.2) is 0 Å². The highest BCUT2D eigenvalue weighted by molar-refractivity contribution is 6.37. The molecule has 0 bridgehead atoms. The molecule has 2 aromatic carbocycles. The highest BCUT2D eigenvalue weighted by Crippen LogP contribution is 2.34. The molecule has 0 N–H and O–H groups in total. The van der Waals surface area contributed by atoms with Crippen LogP contribution in [0.2, 0.25) is 5.02 Å². The van der Waals surface area contributed by atoms with Crippen molar-refractivity contribution in [2.45, 2.75) is 38.5 Å². The first-order valence-electron chi connectivity index (χ1n) is 8.86. The maximum atomic E-state index is 6.50. The van der Waals surface area contributed by atoms with Gasteiger partial charge in [0.1, 0.15) is 11.5 Å². The van der Waals surface area contributed by atoms with Crippen LogP contribution >= 0.6 is 34.8 Å². The monoisotopic (exact) mass is 402 g/mol. The lowest BCUT2D eigenvalue weighted by atomic mass is 10.1. The molecule has 0 atom stereocenters. The van der Waals surface area contributed by atoms with E-state index in [0.29, 0.717) is 30.0 Å². The van der Waals surface area contributed by atoms with Gasteiger partial charge in [0.2, 0.25) is 0 Å². The van der Waals surface area contributed by atoms with Crippen LogP contribution in [-0.4, -0.2) is 25.0 Å². The van der Waals surface area contributed by atoms with E-state index >= 15 is 0 Å². The maximum Gasteiger partial charge on any atom is 0.138 e. The van der Waals surface area contributed by atoms with Crippen LogP contribution in [0.1, 0.15) is 38.5 Å². The number of benzene rings is 2. The summed E-state index contributed by atoms with van der Waals surface area (Å²) in [6.07, 6.45) is 6.21. The minimum Gasteiger partial charge on any atom is -0.494 e. The Morgan fingerprint density at radius 2 is 1.40 bits per heavy atom. The molecule has 0 aliphatic carbocycles. The summed E-state index contributed by atoms with van der Waals surface area (Å²) in [4.78, 5) is 0. The van der Waals surface area contributed by atoms with Gasteiger partial charge in [0.15, 0.2) is 0 Å². The highest BCUT2D eigenvalue weighted by atomic mass is 35.5. The van der Waals surface area contributed by atoms with Crippen LogP contribution in [0.3, 0.4) is 0 Å². The van der Waals surface area contributed by atoms with E-state index in [-0.39, 0.29) is 0 Å². The second-order valence-electron chi connectivity index (χ2n) is 5.96. The molecule has 0 aliphatic rings. The van der Waals surface area contributed by atoms with E-state index in [1.54, 1.807) is 0 Å². The summed E-state index contributed by atoms with van der Waals surface area (Å²) in [6.45, 7) is 1.37. The Labute approximate surface area is 165 Å². The van der Waals surface area contributed by atoms with Crippen LogP contribution in [0.5, 0.6) is 11.5 Å². The summed E-state index contributed by atoms with van der Waals surface area (Å²) < 4.78 is 11.6. The summed E-state index contributed by atoms with van der Waals surface area (Å²) in [6, 6.07) is 9.92. The molecule has 0 saturated heterocycles. The van der Waals surface area contributed by atoms with Crippen molar-refractivity contribution in [3.63, 3.8) is 0 Å². The molecule has 2 nitrogen and oxygen atoms in total. The molecule has 0 fully saturated rings. The van der Waals surface area contributed by atoms with Gasteiger partial charge in [0.05, 0.1) is 18.2 Å². The Balaban J connectivity index is 1.93. The van der Waals surface area contributed by atoms with Crippen molar-refractivity contribution < 1.29 is 9.47 Å². The third-order valence-corrected chi connectivity index (χ3v) is 4.90. The van der Waals surface area contributed by atoms with Gasteiger partial charge in [0, 0.05) is 17.1 Å². The maximum absolute atomic E-state index is 6.50. The minimum absolute atomic E-state index is 0.656. The van der Waals surface area contributed by atoms with E-state index in [1.807, 2.05) is 30.3 Å². The van der Waals surface area contributed by atoms with Crippen LogP contribution < -0.4 is 9.47 Å². The molecule has 25 heavy (non-hydrogen) atoms. The highest BCUT2D eigenvalue weighted by Gasteiger charge is 2.08. The fourth-order valence-corrected chi connectivity index (χ4v) is 3.24. The topological polar surface area (TPSA) is 18.5 Å². The molecule has 0 unspecified atom stereocenters. The molecule has 5 heteroatoms. The number of halogens is 3. The van der Waals surface area contributed by atoms with Crippen LogP contribution in [0.25, 0.3) is 10.8 Å². The lowest BCUT2D eigenvalue weighted by Crippen LogP contribution is -1.99. The van der Waals surface area contributed by atoms with Gasteiger partial charge in [-0.3, -0.25) is 0 Å². The van der Waals surface area contributed by atoms with Crippen LogP contribution in [0.15, 0.2) is 30.3 Å². The molecule has 2 rings (SSSR count). The van der Waals surface area contributed by atoms with Gasteiger partial charge < -0.3 is 9.47 Å². The predicted octanol–water partition coefficient (Wildman–Crippen LogP) is 7.07. The van der Waals surface area contributed by atoms with Gasteiger partial charge in [0.25, 0.3) is 0 Å². The number of fused-ring (bicyclic) bond motifs is 1. The first kappa shape index (κ1) is 20.5. The molecular weight excluding hydrogens is 379 g/mol. The number of hydrogen-bond donors (Lipinski definition) is 0. The Kier molecular flexibility index (Phi) is 9.60. The Morgan fingerprint density at radius 1 is 0.720 bits per heavy atom. The van der Waals surface area contributed by atoms with Gasteiger partial charge >= 0.3 is 0 Å². The smallest absolute Gasteiger partial charge is 0.138 e. The van der Waals surface area contributed by atoms with Crippen LogP contribution in [0.4, 0.5) is 0 Å². The molecule has 0 radical (unpaired) electrons. The van der Waals surface area contributed by atoms with Gasteiger partial charge in [-0.15, -0.1) is 23.2 Å². The van der Waals surface area contributed by atoms with Crippen molar-refractivity contribution in [3.05, 3.63) is 35.4 Å². The van der Waals surface area contributed by atoms with E-state index in [9.17, 15) is 0 Å². The lowest BCUT2D eigenvalue weighted by molar-refractivity contribution is 0.306. The van der Waals surface area contributed by atoms with E-state index in [2.05, 4.69) is 0 Å². The first-order valence-corrected chi connectivity index (χ1v) is 10.3. The van der Waals surface area contributed by atoms with E-state index < -0.39 is 0 Å². The first-order chi connectivity index (χ1) is 12.3. The molecule has 0 aromatic heterocycles. The third-order valence-electron chi connectivity index (χ3n) is 3.97. The van der Waals surface area contributed by atoms with Gasteiger partial charge in [-0.2, -0.15) is 0 Å². The van der Waals surface area contributed by atoms with Gasteiger partial charge in [-0.1, -0.05) is 17.7 Å². The number of unbranched alkanes of at least 4 members (excludes halogenated alkanes) is 4. The Morgan fingerprint density at radius 3 is 2.08 bits per heavy atom. The quantitative estimate of drug-likeness (QED) is 0.279. The molecular formula is C20H25Cl3O2. The standard InChI is InChI=1S/C20H25Cl3O2/c21-11-3-1-5-13-24-17-8-9-18-16(15-17)7-10-19(20(18)23)25-14-6-2-4-12-22/h7-10,15H,1-6,11-14H2. The fourth-order valence-electron chi connectivity index (χ4n) is 2.57. The van der Waals surface area contributed by atoms with Crippen molar-refractivity contribution in [3.8, 4) is 11.5 Å². The number of hydrogen-bond acceptors (Lipinski definition) is 2. The third kappa shape index (κ3) is 6.77.